The summed E-state index contributed by atoms with van der Waals surface area (Å²) < 4.78 is 0. The molecule has 0 unspecified atom stereocenters. The monoisotopic (exact) mass is 384 g/mol. The summed E-state index contributed by atoms with van der Waals surface area (Å²) >= 11 is 0. The molecule has 2 nitrogen and oxygen atoms in total. The van der Waals surface area contributed by atoms with Gasteiger partial charge in [0.25, 0.3) is 0 Å². The quantitative estimate of drug-likeness (QED) is 0.606. The molecule has 8 atom stereocenters. The minimum absolute atomic E-state index is 0.254. The highest BCUT2D eigenvalue weighted by atomic mass is 16.3. The average molecular weight is 385 g/mol. The third-order valence-electron chi connectivity index (χ3n) is 9.48. The molecule has 2 heteroatoms. The fraction of sp³-hybridized carbons (Fsp3) is 0.481. The van der Waals surface area contributed by atoms with Crippen LogP contribution in [0.5, 0.6) is 0 Å². The average Bonchev–Trinajstić information content (AvgIpc) is 3.34. The fourth-order valence-corrected chi connectivity index (χ4v) is 8.58. The summed E-state index contributed by atoms with van der Waals surface area (Å²) in [7, 11) is 0. The minimum Gasteiger partial charge on any atom is -0.396 e. The minimum atomic E-state index is 0.254. The van der Waals surface area contributed by atoms with E-state index < -0.39 is 0 Å². The van der Waals surface area contributed by atoms with Crippen molar-refractivity contribution in [1.29, 1.82) is 0 Å². The van der Waals surface area contributed by atoms with Crippen LogP contribution in [-0.4, -0.2) is 23.4 Å². The van der Waals surface area contributed by atoms with Crippen LogP contribution >= 0.6 is 0 Å². The van der Waals surface area contributed by atoms with Crippen molar-refractivity contribution in [2.45, 2.75) is 31.1 Å². The Bertz CT molecular complexity index is 1050. The van der Waals surface area contributed by atoms with Gasteiger partial charge < -0.3 is 10.2 Å². The number of fused-ring (bicyclic) bond motifs is 9. The van der Waals surface area contributed by atoms with Crippen molar-refractivity contribution in [1.82, 2.24) is 0 Å². The number of hydrogen-bond donors (Lipinski definition) is 2. The van der Waals surface area contributed by atoms with E-state index >= 15 is 0 Å². The molecule has 0 aromatic heterocycles. The summed E-state index contributed by atoms with van der Waals surface area (Å²) in [6, 6.07) is 18.4. The highest BCUT2D eigenvalue weighted by Gasteiger charge is 2.63. The second-order valence-electron chi connectivity index (χ2n) is 10.2. The van der Waals surface area contributed by atoms with Crippen molar-refractivity contribution in [2.75, 3.05) is 13.2 Å². The Kier molecular flexibility index (Phi) is 3.39. The van der Waals surface area contributed by atoms with Crippen molar-refractivity contribution >= 4 is 21.5 Å². The van der Waals surface area contributed by atoms with Crippen LogP contribution in [0.3, 0.4) is 0 Å². The maximum atomic E-state index is 10.1. The van der Waals surface area contributed by atoms with Crippen molar-refractivity contribution in [3.8, 4) is 0 Å². The zero-order valence-corrected chi connectivity index (χ0v) is 16.7. The van der Waals surface area contributed by atoms with Gasteiger partial charge in [0, 0.05) is 13.2 Å². The predicted molar refractivity (Wildman–Crippen MR) is 116 cm³/mol. The maximum absolute atomic E-state index is 10.1. The van der Waals surface area contributed by atoms with E-state index in [2.05, 4.69) is 48.5 Å². The maximum Gasteiger partial charge on any atom is 0.0465 e. The van der Waals surface area contributed by atoms with Gasteiger partial charge in [-0.15, -0.1) is 0 Å². The fourth-order valence-electron chi connectivity index (χ4n) is 8.58. The van der Waals surface area contributed by atoms with Crippen LogP contribution in [-0.2, 0) is 0 Å². The summed E-state index contributed by atoms with van der Waals surface area (Å²) in [6.45, 7) is 0.507. The van der Waals surface area contributed by atoms with Gasteiger partial charge in [0.05, 0.1) is 0 Å². The van der Waals surface area contributed by atoms with Gasteiger partial charge in [-0.3, -0.25) is 0 Å². The van der Waals surface area contributed by atoms with E-state index in [4.69, 9.17) is 0 Å². The number of aliphatic hydroxyl groups excluding tert-OH is 2. The predicted octanol–water partition coefficient (Wildman–Crippen LogP) is 5.07. The Balaban J connectivity index is 1.39. The van der Waals surface area contributed by atoms with Gasteiger partial charge in [0.15, 0.2) is 0 Å². The lowest BCUT2D eigenvalue weighted by Gasteiger charge is -2.58. The largest absolute Gasteiger partial charge is 0.396 e. The van der Waals surface area contributed by atoms with E-state index in [1.807, 2.05) is 0 Å². The smallest absolute Gasteiger partial charge is 0.0465 e. The van der Waals surface area contributed by atoms with Crippen LogP contribution in [0.2, 0.25) is 0 Å². The van der Waals surface area contributed by atoms with Crippen LogP contribution in [0, 0.1) is 35.5 Å². The molecule has 8 rings (SSSR count). The Morgan fingerprint density at radius 1 is 0.655 bits per heavy atom. The number of hydrogen-bond acceptors (Lipinski definition) is 2. The lowest BCUT2D eigenvalue weighted by atomic mass is 9.47. The molecule has 148 valence electrons. The molecule has 29 heavy (non-hydrogen) atoms. The van der Waals surface area contributed by atoms with Gasteiger partial charge in [-0.2, -0.15) is 0 Å². The normalized spacial score (nSPS) is 39.2. The summed E-state index contributed by atoms with van der Waals surface area (Å²) in [4.78, 5) is 0. The van der Waals surface area contributed by atoms with Crippen LogP contribution in [0.15, 0.2) is 48.5 Å². The lowest BCUT2D eigenvalue weighted by molar-refractivity contribution is -0.107. The first-order chi connectivity index (χ1) is 14.3. The zero-order valence-electron chi connectivity index (χ0n) is 16.7. The molecule has 4 saturated carbocycles. The number of aliphatic hydroxyl groups is 2. The number of benzene rings is 3. The molecule has 5 aliphatic rings. The second-order valence-corrected chi connectivity index (χ2v) is 10.2. The highest BCUT2D eigenvalue weighted by Crippen LogP contribution is 2.71. The Hall–Kier alpha value is -1.90. The molecule has 0 aliphatic heterocycles. The summed E-state index contributed by atoms with van der Waals surface area (Å²) in [5.41, 5.74) is 3.20. The van der Waals surface area contributed by atoms with E-state index in [1.165, 1.54) is 40.8 Å². The molecule has 4 fully saturated rings. The molecule has 2 N–H and O–H groups in total. The summed E-state index contributed by atoms with van der Waals surface area (Å²) in [5, 5.41) is 25.7. The van der Waals surface area contributed by atoms with E-state index in [-0.39, 0.29) is 13.2 Å². The summed E-state index contributed by atoms with van der Waals surface area (Å²) in [5.74, 6) is 4.60. The number of rotatable bonds is 2. The molecular formula is C27H28O2. The molecule has 4 bridgehead atoms. The Morgan fingerprint density at radius 2 is 1.14 bits per heavy atom. The third kappa shape index (κ3) is 2.04. The Labute approximate surface area is 171 Å². The van der Waals surface area contributed by atoms with Gasteiger partial charge in [-0.05, 0) is 111 Å². The molecule has 0 spiro atoms. The van der Waals surface area contributed by atoms with Crippen LogP contribution < -0.4 is 0 Å². The molecule has 3 aromatic carbocycles. The third-order valence-corrected chi connectivity index (χ3v) is 9.48. The SMILES string of the molecule is OC[C@H]1[C@H](CO)[C@@H]2CC[C@H]1[C@@H]1[C@H]2[C@@H]2C[C@H]1c1cc3cc4ccccc4cc3cc12. The molecule has 0 saturated heterocycles. The van der Waals surface area contributed by atoms with Crippen LogP contribution in [0.1, 0.15) is 42.2 Å². The van der Waals surface area contributed by atoms with Crippen LogP contribution in [0.4, 0.5) is 0 Å². The van der Waals surface area contributed by atoms with E-state index in [1.54, 1.807) is 11.1 Å². The van der Waals surface area contributed by atoms with E-state index in [9.17, 15) is 10.2 Å². The molecule has 0 amide bonds. The first kappa shape index (κ1) is 16.8. The van der Waals surface area contributed by atoms with Crippen molar-refractivity contribution in [3.63, 3.8) is 0 Å². The van der Waals surface area contributed by atoms with Gasteiger partial charge >= 0.3 is 0 Å². The van der Waals surface area contributed by atoms with E-state index in [0.717, 1.165) is 11.8 Å². The highest BCUT2D eigenvalue weighted by molar-refractivity contribution is 5.99. The lowest BCUT2D eigenvalue weighted by Crippen LogP contribution is -2.54. The molecule has 0 radical (unpaired) electrons. The van der Waals surface area contributed by atoms with Crippen molar-refractivity contribution in [3.05, 3.63) is 59.7 Å². The molecular weight excluding hydrogens is 356 g/mol. The molecule has 3 aromatic rings. The molecule has 5 aliphatic carbocycles. The second kappa shape index (κ2) is 5.83. The zero-order chi connectivity index (χ0) is 19.3. The van der Waals surface area contributed by atoms with Gasteiger partial charge in [0.2, 0.25) is 0 Å². The van der Waals surface area contributed by atoms with Gasteiger partial charge in [-0.25, -0.2) is 0 Å². The Morgan fingerprint density at radius 3 is 1.59 bits per heavy atom. The topological polar surface area (TPSA) is 40.5 Å². The first-order valence-corrected chi connectivity index (χ1v) is 11.5. The van der Waals surface area contributed by atoms with Gasteiger partial charge in [0.1, 0.15) is 0 Å². The first-order valence-electron chi connectivity index (χ1n) is 11.5. The molecule has 0 heterocycles. The van der Waals surface area contributed by atoms with Crippen LogP contribution in [0.25, 0.3) is 21.5 Å². The standard InChI is InChI=1S/C27H28O2/c28-12-24-18-5-6-19(25(24)13-29)27-23-11-22(26(18)27)20-9-16-7-14-3-1-2-4-15(14)8-17(16)10-21(20)23/h1-4,7-10,18-19,22-29H,5-6,11-13H2/t18-,19+,22+,23-,24-,25-,26+,27-/m1/s1. The van der Waals surface area contributed by atoms with E-state index in [0.29, 0.717) is 35.5 Å². The van der Waals surface area contributed by atoms with Crippen molar-refractivity contribution in [2.24, 2.45) is 35.5 Å². The summed E-state index contributed by atoms with van der Waals surface area (Å²) in [6.07, 6.45) is 3.80. The van der Waals surface area contributed by atoms with Crippen molar-refractivity contribution < 1.29 is 10.2 Å². The van der Waals surface area contributed by atoms with Gasteiger partial charge in [-0.1, -0.05) is 36.4 Å².